The minimum Gasteiger partial charge on any atom is -0.388 e. The Morgan fingerprint density at radius 3 is 2.56 bits per heavy atom. The zero-order chi connectivity index (χ0) is 11.4. The molecule has 0 saturated heterocycles. The number of hydrogen-bond donors (Lipinski definition) is 1. The summed E-state index contributed by atoms with van der Waals surface area (Å²) in [5, 5.41) is 12.3. The molecule has 1 saturated carbocycles. The third kappa shape index (κ3) is 3.08. The summed E-state index contributed by atoms with van der Waals surface area (Å²) in [5.41, 5.74) is 1.16. The Morgan fingerprint density at radius 2 is 2.00 bits per heavy atom. The monoisotopic (exact) mass is 238 g/mol. The van der Waals surface area contributed by atoms with Crippen molar-refractivity contribution in [2.75, 3.05) is 0 Å². The molecule has 0 aromatic carbocycles. The second-order valence-electron chi connectivity index (χ2n) is 5.04. The second kappa shape index (κ2) is 5.83. The third-order valence-corrected chi connectivity index (χ3v) is 4.65. The highest BCUT2D eigenvalue weighted by molar-refractivity contribution is 7.10. The molecule has 90 valence electrons. The van der Waals surface area contributed by atoms with E-state index in [1.807, 2.05) is 0 Å². The van der Waals surface area contributed by atoms with Gasteiger partial charge in [-0.1, -0.05) is 38.5 Å². The Kier molecular flexibility index (Phi) is 4.42. The van der Waals surface area contributed by atoms with E-state index in [1.54, 1.807) is 11.3 Å². The van der Waals surface area contributed by atoms with Crippen LogP contribution in [0, 0.1) is 12.8 Å². The summed E-state index contributed by atoms with van der Waals surface area (Å²) in [6, 6.07) is 2.08. The van der Waals surface area contributed by atoms with E-state index in [2.05, 4.69) is 18.4 Å². The van der Waals surface area contributed by atoms with Crippen molar-refractivity contribution in [2.24, 2.45) is 5.92 Å². The van der Waals surface area contributed by atoms with Crippen LogP contribution in [0.4, 0.5) is 0 Å². The Balaban J connectivity index is 1.91. The molecule has 1 aromatic rings. The van der Waals surface area contributed by atoms with Gasteiger partial charge in [-0.25, -0.2) is 0 Å². The Morgan fingerprint density at radius 1 is 1.31 bits per heavy atom. The molecule has 1 aliphatic rings. The number of hydrogen-bond acceptors (Lipinski definition) is 2. The maximum atomic E-state index is 10.2. The van der Waals surface area contributed by atoms with Gasteiger partial charge in [0.1, 0.15) is 0 Å². The van der Waals surface area contributed by atoms with E-state index in [-0.39, 0.29) is 6.10 Å². The Hall–Kier alpha value is -0.340. The minimum atomic E-state index is -0.227. The standard InChI is InChI=1S/C14H22OS/c1-11-13(8-9-16-11)14(15)10-12-6-4-2-3-5-7-12/h8-9,12,14-15H,2-7,10H2,1H3. The smallest absolute Gasteiger partial charge is 0.0803 e. The lowest BCUT2D eigenvalue weighted by atomic mass is 9.91. The zero-order valence-corrected chi connectivity index (χ0v) is 10.9. The number of aryl methyl sites for hydroxylation is 1. The fourth-order valence-electron chi connectivity index (χ4n) is 2.78. The molecule has 0 bridgehead atoms. The average molecular weight is 238 g/mol. The van der Waals surface area contributed by atoms with Crippen LogP contribution in [0.15, 0.2) is 11.4 Å². The first-order valence-electron chi connectivity index (χ1n) is 6.49. The van der Waals surface area contributed by atoms with Gasteiger partial charge >= 0.3 is 0 Å². The van der Waals surface area contributed by atoms with Crippen molar-refractivity contribution in [1.29, 1.82) is 0 Å². The van der Waals surface area contributed by atoms with Gasteiger partial charge in [-0.15, -0.1) is 11.3 Å². The minimum absolute atomic E-state index is 0.227. The maximum Gasteiger partial charge on any atom is 0.0803 e. The molecule has 2 heteroatoms. The van der Waals surface area contributed by atoms with Crippen LogP contribution in [0.1, 0.15) is 61.5 Å². The Labute approximate surface area is 103 Å². The predicted octanol–water partition coefficient (Wildman–Crippen LogP) is 4.45. The van der Waals surface area contributed by atoms with Gasteiger partial charge in [0.25, 0.3) is 0 Å². The van der Waals surface area contributed by atoms with Crippen molar-refractivity contribution < 1.29 is 5.11 Å². The summed E-state index contributed by atoms with van der Waals surface area (Å²) in [6.45, 7) is 2.11. The highest BCUT2D eigenvalue weighted by Gasteiger charge is 2.19. The molecule has 1 N–H and O–H groups in total. The molecule has 1 aliphatic carbocycles. The molecule has 1 unspecified atom stereocenters. The van der Waals surface area contributed by atoms with E-state index >= 15 is 0 Å². The van der Waals surface area contributed by atoms with E-state index < -0.39 is 0 Å². The van der Waals surface area contributed by atoms with E-state index in [0.29, 0.717) is 0 Å². The lowest BCUT2D eigenvalue weighted by molar-refractivity contribution is 0.139. The van der Waals surface area contributed by atoms with E-state index in [4.69, 9.17) is 0 Å². The number of aliphatic hydroxyl groups excluding tert-OH is 1. The first-order chi connectivity index (χ1) is 7.77. The summed E-state index contributed by atoms with van der Waals surface area (Å²) in [5.74, 6) is 0.747. The highest BCUT2D eigenvalue weighted by atomic mass is 32.1. The fourth-order valence-corrected chi connectivity index (χ4v) is 3.54. The molecule has 2 rings (SSSR count). The molecule has 0 aliphatic heterocycles. The molecule has 1 atom stereocenters. The van der Waals surface area contributed by atoms with Gasteiger partial charge in [-0.05, 0) is 36.3 Å². The average Bonchev–Trinajstić information content (AvgIpc) is 2.53. The first kappa shape index (κ1) is 12.1. The summed E-state index contributed by atoms with van der Waals surface area (Å²) >= 11 is 1.74. The summed E-state index contributed by atoms with van der Waals surface area (Å²) in [6.07, 6.45) is 8.89. The van der Waals surface area contributed by atoms with Gasteiger partial charge in [0.15, 0.2) is 0 Å². The molecule has 1 heterocycles. The van der Waals surface area contributed by atoms with Crippen LogP contribution in [0.5, 0.6) is 0 Å². The molecule has 1 nitrogen and oxygen atoms in total. The Bertz CT molecular complexity index is 310. The van der Waals surface area contributed by atoms with Crippen LogP contribution in [-0.4, -0.2) is 5.11 Å². The molecule has 1 aromatic heterocycles. The third-order valence-electron chi connectivity index (χ3n) is 3.79. The number of thiophene rings is 1. The fraction of sp³-hybridized carbons (Fsp3) is 0.714. The largest absolute Gasteiger partial charge is 0.388 e. The van der Waals surface area contributed by atoms with Gasteiger partial charge in [-0.3, -0.25) is 0 Å². The maximum absolute atomic E-state index is 10.2. The van der Waals surface area contributed by atoms with Crippen molar-refractivity contribution in [1.82, 2.24) is 0 Å². The van der Waals surface area contributed by atoms with Crippen molar-refractivity contribution in [3.8, 4) is 0 Å². The molecule has 0 amide bonds. The van der Waals surface area contributed by atoms with Crippen LogP contribution < -0.4 is 0 Å². The van der Waals surface area contributed by atoms with Crippen molar-refractivity contribution in [2.45, 2.75) is 58.0 Å². The van der Waals surface area contributed by atoms with E-state index in [9.17, 15) is 5.11 Å². The molecule has 0 spiro atoms. The lowest BCUT2D eigenvalue weighted by Crippen LogP contribution is -2.07. The molecule has 1 fully saturated rings. The molecular weight excluding hydrogens is 216 g/mol. The van der Waals surface area contributed by atoms with Crippen molar-refractivity contribution in [3.63, 3.8) is 0 Å². The van der Waals surface area contributed by atoms with E-state index in [1.165, 1.54) is 43.4 Å². The quantitative estimate of drug-likeness (QED) is 0.771. The summed E-state index contributed by atoms with van der Waals surface area (Å²) in [7, 11) is 0. The van der Waals surface area contributed by atoms with Crippen LogP contribution >= 0.6 is 11.3 Å². The van der Waals surface area contributed by atoms with Crippen LogP contribution in [-0.2, 0) is 0 Å². The normalized spacial score (nSPS) is 20.6. The zero-order valence-electron chi connectivity index (χ0n) is 10.1. The van der Waals surface area contributed by atoms with Gasteiger partial charge in [0.05, 0.1) is 6.10 Å². The second-order valence-corrected chi connectivity index (χ2v) is 6.16. The summed E-state index contributed by atoms with van der Waals surface area (Å²) < 4.78 is 0. The van der Waals surface area contributed by atoms with Crippen LogP contribution in [0.3, 0.4) is 0 Å². The van der Waals surface area contributed by atoms with Crippen LogP contribution in [0.25, 0.3) is 0 Å². The van der Waals surface area contributed by atoms with Gasteiger partial charge in [-0.2, -0.15) is 0 Å². The topological polar surface area (TPSA) is 20.2 Å². The summed E-state index contributed by atoms with van der Waals surface area (Å²) in [4.78, 5) is 1.28. The molecule has 0 radical (unpaired) electrons. The highest BCUT2D eigenvalue weighted by Crippen LogP contribution is 2.33. The van der Waals surface area contributed by atoms with Gasteiger partial charge < -0.3 is 5.11 Å². The van der Waals surface area contributed by atoms with Crippen molar-refractivity contribution >= 4 is 11.3 Å². The van der Waals surface area contributed by atoms with Gasteiger partial charge in [0.2, 0.25) is 0 Å². The van der Waals surface area contributed by atoms with Crippen molar-refractivity contribution in [3.05, 3.63) is 21.9 Å². The molecular formula is C14H22OS. The lowest BCUT2D eigenvalue weighted by Gasteiger charge is -2.18. The van der Waals surface area contributed by atoms with E-state index in [0.717, 1.165) is 17.9 Å². The number of aliphatic hydroxyl groups is 1. The SMILES string of the molecule is Cc1sccc1C(O)CC1CCCCCC1. The van der Waals surface area contributed by atoms with Gasteiger partial charge in [0, 0.05) is 4.88 Å². The first-order valence-corrected chi connectivity index (χ1v) is 7.37. The predicted molar refractivity (Wildman–Crippen MR) is 69.8 cm³/mol. The molecule has 16 heavy (non-hydrogen) atoms. The van der Waals surface area contributed by atoms with Crippen LogP contribution in [0.2, 0.25) is 0 Å². The number of rotatable bonds is 3.